The molecule has 0 aromatic carbocycles. The minimum absolute atomic E-state index is 0.0292. The lowest BCUT2D eigenvalue weighted by Gasteiger charge is -2.52. The van der Waals surface area contributed by atoms with E-state index in [4.69, 9.17) is 50.4 Å². The van der Waals surface area contributed by atoms with Crippen molar-refractivity contribution < 1.29 is 83.6 Å². The van der Waals surface area contributed by atoms with E-state index in [9.17, 15) is 50.4 Å². The number of aliphatic hydroxyl groups is 8. The van der Waals surface area contributed by atoms with Crippen molar-refractivity contribution in [3.05, 3.63) is 12.2 Å². The van der Waals surface area contributed by atoms with Crippen molar-refractivity contribution >= 4 is 11.9 Å². The molecule has 0 aliphatic carbocycles. The molecule has 3 heterocycles. The van der Waals surface area contributed by atoms with Gasteiger partial charge >= 0.3 is 11.9 Å². The van der Waals surface area contributed by atoms with E-state index < -0.39 is 135 Å². The zero-order valence-electron chi connectivity index (χ0n) is 26.8. The van der Waals surface area contributed by atoms with E-state index in [0.29, 0.717) is 0 Å². The van der Waals surface area contributed by atoms with Crippen molar-refractivity contribution in [1.82, 2.24) is 0 Å². The summed E-state index contributed by atoms with van der Waals surface area (Å²) in [5.41, 5.74) is 15.7. The molecule has 0 aromatic heterocycles. The van der Waals surface area contributed by atoms with E-state index >= 15 is 0 Å². The first-order valence-electron chi connectivity index (χ1n) is 15.4. The summed E-state index contributed by atoms with van der Waals surface area (Å²) in [7, 11) is 0. The van der Waals surface area contributed by atoms with Gasteiger partial charge in [-0.1, -0.05) is 13.5 Å². The molecule has 3 saturated heterocycles. The van der Waals surface area contributed by atoms with Crippen molar-refractivity contribution in [2.24, 2.45) is 23.1 Å². The monoisotopic (exact) mass is 699 g/mol. The smallest absolute Gasteiger partial charge is 0.336 e. The van der Waals surface area contributed by atoms with Crippen LogP contribution in [-0.2, 0) is 42.7 Å². The Morgan fingerprint density at radius 1 is 0.833 bits per heavy atom. The van der Waals surface area contributed by atoms with E-state index in [-0.39, 0.29) is 12.0 Å². The Morgan fingerprint density at radius 3 is 1.88 bits per heavy atom. The van der Waals surface area contributed by atoms with Crippen LogP contribution in [0.15, 0.2) is 12.2 Å². The van der Waals surface area contributed by atoms with Gasteiger partial charge in [-0.15, -0.1) is 0 Å². The summed E-state index contributed by atoms with van der Waals surface area (Å²) < 4.78 is 38.6. The Hall–Kier alpha value is -1.96. The van der Waals surface area contributed by atoms with Crippen LogP contribution in [0.25, 0.3) is 0 Å². The van der Waals surface area contributed by atoms with Crippen molar-refractivity contribution in [2.45, 2.75) is 125 Å². The van der Waals surface area contributed by atoms with Crippen LogP contribution in [-0.4, -0.2) is 170 Å². The molecule has 4 unspecified atom stereocenters. The minimum Gasteiger partial charge on any atom is -0.425 e. The third kappa shape index (κ3) is 8.15. The molecule has 3 aliphatic heterocycles. The Balaban J connectivity index is 1.80. The van der Waals surface area contributed by atoms with Crippen LogP contribution < -0.4 is 17.2 Å². The van der Waals surface area contributed by atoms with Crippen molar-refractivity contribution in [1.29, 1.82) is 0 Å². The highest BCUT2D eigenvalue weighted by atomic mass is 16.7. The largest absolute Gasteiger partial charge is 0.425 e. The normalized spacial score (nSPS) is 43.2. The molecule has 0 aromatic rings. The molecule has 3 rings (SSSR count). The third-order valence-corrected chi connectivity index (χ3v) is 8.77. The summed E-state index contributed by atoms with van der Waals surface area (Å²) in [4.78, 5) is 25.1. The van der Waals surface area contributed by atoms with E-state index in [2.05, 4.69) is 6.58 Å². The molecule has 0 radical (unpaired) electrons. The van der Waals surface area contributed by atoms with E-state index in [0.717, 1.165) is 0 Å². The highest BCUT2D eigenvalue weighted by molar-refractivity contribution is 5.87. The second kappa shape index (κ2) is 16.8. The van der Waals surface area contributed by atoms with Crippen LogP contribution in [0.2, 0.25) is 0 Å². The van der Waals surface area contributed by atoms with E-state index in [1.165, 1.54) is 13.8 Å². The van der Waals surface area contributed by atoms with Gasteiger partial charge in [-0.25, -0.2) is 4.79 Å². The molecule has 20 heteroatoms. The summed E-state index contributed by atoms with van der Waals surface area (Å²) >= 11 is 0. The second-order valence-corrected chi connectivity index (χ2v) is 12.1. The number of rotatable bonds is 13. The van der Waals surface area contributed by atoms with Crippen LogP contribution in [0.1, 0.15) is 27.2 Å². The van der Waals surface area contributed by atoms with Crippen molar-refractivity contribution in [3.63, 3.8) is 0 Å². The lowest BCUT2D eigenvalue weighted by molar-refractivity contribution is -0.365. The SMILES string of the molecule is C=C(C)C(=O)OC(CC)OC(=O)C(C)[C@]1(CO)O[C@H](OC2[C@@H](CO)O[C@@H](OC3[C@@H](CO)O[C@@H](O)[C@H](N)[C@H]3O)[C@H](N)[C@H]2O)[C@H](N)[C@@H](O)[C@@H]1O. The first-order chi connectivity index (χ1) is 22.5. The maximum Gasteiger partial charge on any atom is 0.336 e. The van der Waals surface area contributed by atoms with Crippen LogP contribution in [0.5, 0.6) is 0 Å². The number of hydrogen-bond acceptors (Lipinski definition) is 20. The van der Waals surface area contributed by atoms with Gasteiger partial charge in [-0.3, -0.25) is 4.79 Å². The molecule has 14 N–H and O–H groups in total. The third-order valence-electron chi connectivity index (χ3n) is 8.77. The molecule has 3 fully saturated rings. The number of hydrogen-bond donors (Lipinski definition) is 11. The predicted octanol–water partition coefficient (Wildman–Crippen LogP) is -6.27. The number of ether oxygens (including phenoxy) is 7. The zero-order valence-corrected chi connectivity index (χ0v) is 26.8. The van der Waals surface area contributed by atoms with Crippen LogP contribution in [0.3, 0.4) is 0 Å². The Morgan fingerprint density at radius 2 is 1.35 bits per heavy atom. The number of aliphatic hydroxyl groups excluding tert-OH is 8. The Labute approximate surface area is 275 Å². The van der Waals surface area contributed by atoms with Gasteiger partial charge in [0.2, 0.25) is 6.29 Å². The summed E-state index contributed by atoms with van der Waals surface area (Å²) in [6.45, 7) is 4.96. The lowest BCUT2D eigenvalue weighted by atomic mass is 9.77. The molecule has 17 atom stereocenters. The van der Waals surface area contributed by atoms with Crippen LogP contribution in [0, 0.1) is 5.92 Å². The summed E-state index contributed by atoms with van der Waals surface area (Å²) in [6, 6.07) is -4.39. The highest BCUT2D eigenvalue weighted by Gasteiger charge is 2.60. The average molecular weight is 700 g/mol. The zero-order chi connectivity index (χ0) is 36.2. The topological polar surface area (TPSA) is 339 Å². The quantitative estimate of drug-likeness (QED) is 0.0484. The van der Waals surface area contributed by atoms with Gasteiger partial charge in [0.15, 0.2) is 18.9 Å². The molecule has 0 saturated carbocycles. The first kappa shape index (κ1) is 40.5. The summed E-state index contributed by atoms with van der Waals surface area (Å²) in [6.07, 6.45) is -19.2. The maximum absolute atomic E-state index is 13.2. The van der Waals surface area contributed by atoms with Gasteiger partial charge in [0.1, 0.15) is 54.4 Å². The fourth-order valence-electron chi connectivity index (χ4n) is 5.57. The van der Waals surface area contributed by atoms with Gasteiger partial charge in [-0.2, -0.15) is 0 Å². The number of esters is 2. The molecule has 0 amide bonds. The second-order valence-electron chi connectivity index (χ2n) is 12.1. The maximum atomic E-state index is 13.2. The number of carbonyl (C=O) groups excluding carboxylic acids is 2. The summed E-state index contributed by atoms with van der Waals surface area (Å²) in [5, 5.41) is 83.7. The van der Waals surface area contributed by atoms with Gasteiger partial charge in [0.05, 0.1) is 43.9 Å². The fourth-order valence-corrected chi connectivity index (χ4v) is 5.57. The molecular formula is C28H49N3O17. The predicted molar refractivity (Wildman–Crippen MR) is 156 cm³/mol. The van der Waals surface area contributed by atoms with E-state index in [1.807, 2.05) is 0 Å². The van der Waals surface area contributed by atoms with Gasteiger partial charge in [0, 0.05) is 12.0 Å². The minimum atomic E-state index is -2.32. The number of carbonyl (C=O) groups is 2. The van der Waals surface area contributed by atoms with Crippen molar-refractivity contribution in [3.8, 4) is 0 Å². The molecule has 20 nitrogen and oxygen atoms in total. The highest BCUT2D eigenvalue weighted by Crippen LogP contribution is 2.38. The van der Waals surface area contributed by atoms with E-state index in [1.54, 1.807) is 6.92 Å². The molecule has 0 bridgehead atoms. The average Bonchev–Trinajstić information content (AvgIpc) is 3.06. The van der Waals surface area contributed by atoms with Gasteiger partial charge < -0.3 is 91.2 Å². The molecule has 278 valence electrons. The molecule has 48 heavy (non-hydrogen) atoms. The molecule has 3 aliphatic rings. The Bertz CT molecular complexity index is 1100. The molecular weight excluding hydrogens is 650 g/mol. The lowest BCUT2D eigenvalue weighted by Crippen LogP contribution is -2.73. The summed E-state index contributed by atoms with van der Waals surface area (Å²) in [5.74, 6) is -3.50. The standard InChI is InChI=1S/C28H49N3O17/c1-5-13(44-23(39)9(2)3)45-24(40)10(4)28(8-34)22(38)19(37)16(31)27(48-28)47-21-12(7-33)43-26(15(30)18(21)36)46-20-11(6-32)42-25(41)14(29)17(20)35/h10-22,25-27,32-38,41H,2,5-8,29-31H2,1,3-4H3/t10?,11-,12-,13?,14-,15-,16-,17-,18-,19-,20?,21?,22+,25-,26+,27+,28+/m1/s1. The van der Waals surface area contributed by atoms with Gasteiger partial charge in [0.25, 0.3) is 0 Å². The van der Waals surface area contributed by atoms with Crippen molar-refractivity contribution in [2.75, 3.05) is 19.8 Å². The molecule has 0 spiro atoms. The van der Waals surface area contributed by atoms with Crippen LogP contribution in [0.4, 0.5) is 0 Å². The van der Waals surface area contributed by atoms with Crippen LogP contribution >= 0.6 is 0 Å². The fraction of sp³-hybridized carbons (Fsp3) is 0.857. The Kier molecular flexibility index (Phi) is 14.2. The number of nitrogens with two attached hydrogens (primary N) is 3. The first-order valence-corrected chi connectivity index (χ1v) is 15.4. The van der Waals surface area contributed by atoms with Gasteiger partial charge in [-0.05, 0) is 13.8 Å².